The second-order valence-electron chi connectivity index (χ2n) is 17.0. The Hall–Kier alpha value is -4.71. The van der Waals surface area contributed by atoms with Crippen LogP contribution in [0.25, 0.3) is 0 Å². The molecule has 6 heteroatoms. The summed E-state index contributed by atoms with van der Waals surface area (Å²) in [4.78, 5) is 38.0. The molecule has 1 unspecified atom stereocenters. The van der Waals surface area contributed by atoms with Crippen LogP contribution in [0.1, 0.15) is 201 Å². The number of hydrogen-bond donors (Lipinski definition) is 0. The van der Waals surface area contributed by atoms with Crippen molar-refractivity contribution in [3.63, 3.8) is 0 Å². The summed E-state index contributed by atoms with van der Waals surface area (Å²) in [6.45, 7) is 6.28. The topological polar surface area (TPSA) is 78.9 Å². The maximum atomic E-state index is 12.8. The molecule has 0 aromatic carbocycles. The number of unbranched alkanes of at least 4 members (excludes halogenated alkanes) is 19. The van der Waals surface area contributed by atoms with Crippen LogP contribution in [0.3, 0.4) is 0 Å². The summed E-state index contributed by atoms with van der Waals surface area (Å²) in [7, 11) is 0. The zero-order chi connectivity index (χ0) is 48.6. The molecule has 0 bridgehead atoms. The number of esters is 3. The van der Waals surface area contributed by atoms with Gasteiger partial charge in [-0.15, -0.1) is 0 Å². The maximum Gasteiger partial charge on any atom is 0.306 e. The lowest BCUT2D eigenvalue weighted by Crippen LogP contribution is -2.30. The molecule has 0 aliphatic carbocycles. The molecule has 374 valence electrons. The Morgan fingerprint density at radius 1 is 0.313 bits per heavy atom. The van der Waals surface area contributed by atoms with Crippen LogP contribution < -0.4 is 0 Å². The molecule has 0 saturated heterocycles. The van der Waals surface area contributed by atoms with E-state index in [1.807, 2.05) is 91.1 Å². The van der Waals surface area contributed by atoms with Crippen LogP contribution in [0, 0.1) is 0 Å². The highest BCUT2D eigenvalue weighted by atomic mass is 16.6. The Labute approximate surface area is 410 Å². The highest BCUT2D eigenvalue weighted by Gasteiger charge is 2.19. The smallest absolute Gasteiger partial charge is 0.306 e. The van der Waals surface area contributed by atoms with Gasteiger partial charge in [0.25, 0.3) is 0 Å². The van der Waals surface area contributed by atoms with Crippen molar-refractivity contribution in [1.82, 2.24) is 0 Å². The average Bonchev–Trinajstić information content (AvgIpc) is 3.33. The van der Waals surface area contributed by atoms with E-state index in [9.17, 15) is 14.4 Å². The Kier molecular flexibility index (Phi) is 50.1. The predicted molar refractivity (Wildman–Crippen MR) is 288 cm³/mol. The SMILES string of the molecule is CC/C=C/C=C/C=C/C=C/C=C/CCCC(=O)OCC(COC(=O)CCCCCCC/C=C/C=C/C=C/C=C/C=C/CCC)OC(=O)CCCCCCC/C=C/C=C/CCCCCCCCC. The summed E-state index contributed by atoms with van der Waals surface area (Å²) in [5.41, 5.74) is 0. The number of rotatable bonds is 45. The molecule has 0 N–H and O–H groups in total. The lowest BCUT2D eigenvalue weighted by Gasteiger charge is -2.18. The number of carbonyl (C=O) groups excluding carboxylic acids is 3. The summed E-state index contributed by atoms with van der Waals surface area (Å²) in [5, 5.41) is 0. The summed E-state index contributed by atoms with van der Waals surface area (Å²) >= 11 is 0. The first-order valence-corrected chi connectivity index (χ1v) is 26.5. The molecule has 67 heavy (non-hydrogen) atoms. The minimum absolute atomic E-state index is 0.127. The van der Waals surface area contributed by atoms with E-state index in [0.29, 0.717) is 12.8 Å². The van der Waals surface area contributed by atoms with Gasteiger partial charge >= 0.3 is 17.9 Å². The highest BCUT2D eigenvalue weighted by Crippen LogP contribution is 2.13. The van der Waals surface area contributed by atoms with E-state index in [-0.39, 0.29) is 44.0 Å². The molecule has 0 aliphatic heterocycles. The van der Waals surface area contributed by atoms with Crippen molar-refractivity contribution >= 4 is 17.9 Å². The minimum Gasteiger partial charge on any atom is -0.462 e. The van der Waals surface area contributed by atoms with Crippen LogP contribution >= 0.6 is 0 Å². The quantitative estimate of drug-likeness (QED) is 0.0262. The minimum atomic E-state index is -0.833. The maximum absolute atomic E-state index is 12.8. The standard InChI is InChI=1S/C61H94O6/c1-4-7-10-13-16-19-22-25-27-29-31-33-36-39-42-45-48-51-54-60(63)66-57-58(56-65-59(62)53-50-47-44-41-38-35-24-21-18-15-12-9-6-3)67-61(64)55-52-49-46-43-40-37-34-32-30-28-26-23-20-17-14-11-8-5-2/h9-10,12-13,15-16,18-19,21-22,24-25,27-35,38,41,44,58H,4-8,11,14,17,20,23,26,36-37,39-40,42-43,45-57H2,1-3H3/b12-9+,13-10+,18-15+,19-16+,24-21+,25-22+,29-27+,30-28+,33-31+,34-32+,38-35+,44-41+. The van der Waals surface area contributed by atoms with Crippen LogP contribution in [0.5, 0.6) is 0 Å². The fourth-order valence-electron chi connectivity index (χ4n) is 6.61. The van der Waals surface area contributed by atoms with Crippen molar-refractivity contribution in [2.24, 2.45) is 0 Å². The molecular formula is C61H94O6. The van der Waals surface area contributed by atoms with Crippen LogP contribution in [-0.2, 0) is 28.6 Å². The molecule has 0 radical (unpaired) electrons. The third-order valence-corrected chi connectivity index (χ3v) is 10.6. The van der Waals surface area contributed by atoms with E-state index in [4.69, 9.17) is 14.2 Å². The van der Waals surface area contributed by atoms with Gasteiger partial charge in [-0.2, -0.15) is 0 Å². The molecule has 6 nitrogen and oxygen atoms in total. The van der Waals surface area contributed by atoms with Crippen molar-refractivity contribution in [3.8, 4) is 0 Å². The van der Waals surface area contributed by atoms with E-state index in [1.165, 1.54) is 51.4 Å². The normalized spacial score (nSPS) is 13.3. The molecule has 0 aromatic heterocycles. The van der Waals surface area contributed by atoms with Gasteiger partial charge < -0.3 is 14.2 Å². The van der Waals surface area contributed by atoms with Gasteiger partial charge in [-0.05, 0) is 77.0 Å². The molecule has 0 amide bonds. The first-order chi connectivity index (χ1) is 33.0. The first-order valence-electron chi connectivity index (χ1n) is 26.5. The van der Waals surface area contributed by atoms with Gasteiger partial charge in [0.2, 0.25) is 0 Å². The lowest BCUT2D eigenvalue weighted by molar-refractivity contribution is -0.167. The van der Waals surface area contributed by atoms with Gasteiger partial charge in [-0.1, -0.05) is 250 Å². The summed E-state index contributed by atoms with van der Waals surface area (Å²) < 4.78 is 16.7. The van der Waals surface area contributed by atoms with Gasteiger partial charge in [0.15, 0.2) is 6.10 Å². The van der Waals surface area contributed by atoms with Crippen LogP contribution in [0.15, 0.2) is 146 Å². The third kappa shape index (κ3) is 52.1. The molecule has 0 aromatic rings. The van der Waals surface area contributed by atoms with Crippen molar-refractivity contribution < 1.29 is 28.6 Å². The largest absolute Gasteiger partial charge is 0.462 e. The fraction of sp³-hybridized carbons (Fsp3) is 0.557. The summed E-state index contributed by atoms with van der Waals surface area (Å²) in [6.07, 6.45) is 76.9. The van der Waals surface area contributed by atoms with Gasteiger partial charge in [-0.3, -0.25) is 14.4 Å². The molecule has 0 aliphatic rings. The first kappa shape index (κ1) is 62.3. The molecule has 0 spiro atoms. The number of allylic oxidation sites excluding steroid dienone is 24. The highest BCUT2D eigenvalue weighted by molar-refractivity contribution is 5.71. The Bertz CT molecular complexity index is 1530. The molecule has 0 rings (SSSR count). The molecular weight excluding hydrogens is 829 g/mol. The molecule has 1 atom stereocenters. The van der Waals surface area contributed by atoms with E-state index in [2.05, 4.69) is 75.5 Å². The van der Waals surface area contributed by atoms with Crippen molar-refractivity contribution in [2.45, 2.75) is 207 Å². The monoisotopic (exact) mass is 923 g/mol. The fourth-order valence-corrected chi connectivity index (χ4v) is 6.61. The summed E-state index contributed by atoms with van der Waals surface area (Å²) in [6, 6.07) is 0. The Balaban J connectivity index is 4.58. The number of carbonyl (C=O) groups is 3. The lowest BCUT2D eigenvalue weighted by atomic mass is 10.1. The van der Waals surface area contributed by atoms with Crippen molar-refractivity contribution in [3.05, 3.63) is 146 Å². The Morgan fingerprint density at radius 2 is 0.627 bits per heavy atom. The number of ether oxygens (including phenoxy) is 3. The average molecular weight is 923 g/mol. The van der Waals surface area contributed by atoms with Crippen molar-refractivity contribution in [2.75, 3.05) is 13.2 Å². The van der Waals surface area contributed by atoms with Crippen LogP contribution in [-0.4, -0.2) is 37.2 Å². The van der Waals surface area contributed by atoms with Gasteiger partial charge in [-0.25, -0.2) is 0 Å². The second kappa shape index (κ2) is 53.9. The molecule has 0 fully saturated rings. The second-order valence-corrected chi connectivity index (χ2v) is 17.0. The van der Waals surface area contributed by atoms with Gasteiger partial charge in [0, 0.05) is 19.3 Å². The van der Waals surface area contributed by atoms with E-state index in [1.54, 1.807) is 0 Å². The molecule has 0 heterocycles. The number of hydrogen-bond acceptors (Lipinski definition) is 6. The van der Waals surface area contributed by atoms with Crippen molar-refractivity contribution in [1.29, 1.82) is 0 Å². The summed E-state index contributed by atoms with van der Waals surface area (Å²) in [5.74, 6) is -1.05. The zero-order valence-corrected chi connectivity index (χ0v) is 42.6. The van der Waals surface area contributed by atoms with E-state index < -0.39 is 6.10 Å². The third-order valence-electron chi connectivity index (χ3n) is 10.6. The Morgan fingerprint density at radius 3 is 1.04 bits per heavy atom. The van der Waals surface area contributed by atoms with Gasteiger partial charge in [0.1, 0.15) is 13.2 Å². The van der Waals surface area contributed by atoms with E-state index in [0.717, 1.165) is 103 Å². The zero-order valence-electron chi connectivity index (χ0n) is 42.6. The van der Waals surface area contributed by atoms with Crippen LogP contribution in [0.2, 0.25) is 0 Å². The predicted octanol–water partition coefficient (Wildman–Crippen LogP) is 17.6. The van der Waals surface area contributed by atoms with E-state index >= 15 is 0 Å². The van der Waals surface area contributed by atoms with Gasteiger partial charge in [0.05, 0.1) is 0 Å². The van der Waals surface area contributed by atoms with Crippen LogP contribution in [0.4, 0.5) is 0 Å². The molecule has 0 saturated carbocycles.